The monoisotopic (exact) mass is 329 g/mol. The first kappa shape index (κ1) is 15.7. The van der Waals surface area contributed by atoms with E-state index in [1.54, 1.807) is 0 Å². The van der Waals surface area contributed by atoms with Gasteiger partial charge in [0, 0.05) is 17.3 Å². The van der Waals surface area contributed by atoms with Gasteiger partial charge >= 0.3 is 0 Å². The molecule has 2 N–H and O–H groups in total. The molecule has 0 amide bonds. The molecule has 120 valence electrons. The molecular weight excluding hydrogens is 310 g/mol. The number of hydrogen-bond donors (Lipinski definition) is 1. The predicted octanol–water partition coefficient (Wildman–Crippen LogP) is 4.61. The lowest BCUT2D eigenvalue weighted by Gasteiger charge is -2.26. The molecule has 0 unspecified atom stereocenters. The highest BCUT2D eigenvalue weighted by Gasteiger charge is 2.29. The van der Waals surface area contributed by atoms with E-state index >= 15 is 0 Å². The van der Waals surface area contributed by atoms with E-state index in [1.807, 2.05) is 56.3 Å². The number of fused-ring (bicyclic) bond motifs is 1. The second-order valence-electron chi connectivity index (χ2n) is 5.99. The number of anilines is 1. The third kappa shape index (κ3) is 2.99. The summed E-state index contributed by atoms with van der Waals surface area (Å²) in [5, 5.41) is 0.687. The number of aryl methyl sites for hydroxylation is 1. The lowest BCUT2D eigenvalue weighted by atomic mass is 10.1. The minimum Gasteiger partial charge on any atom is -0.480 e. The topological polar surface area (TPSA) is 53.1 Å². The van der Waals surface area contributed by atoms with Crippen LogP contribution in [0.15, 0.2) is 42.5 Å². The minimum absolute atomic E-state index is 0.586. The Bertz CT molecular complexity index is 837. The maximum atomic E-state index is 6.17. The third-order valence-electron chi connectivity index (χ3n) is 3.81. The molecule has 0 fully saturated rings. The molecule has 0 saturated carbocycles. The lowest BCUT2D eigenvalue weighted by molar-refractivity contribution is 0.0949. The number of rotatable bonds is 4. The highest BCUT2D eigenvalue weighted by molar-refractivity contribution is 6.30. The Labute approximate surface area is 140 Å². The second-order valence-corrected chi connectivity index (χ2v) is 6.43. The largest absolute Gasteiger partial charge is 0.480 e. The maximum absolute atomic E-state index is 6.17. The normalized spacial score (nSPS) is 11.8. The van der Waals surface area contributed by atoms with Gasteiger partial charge < -0.3 is 15.0 Å². The number of benzene rings is 2. The van der Waals surface area contributed by atoms with E-state index in [9.17, 15) is 0 Å². The van der Waals surface area contributed by atoms with Gasteiger partial charge in [0.25, 0.3) is 0 Å². The lowest BCUT2D eigenvalue weighted by Crippen LogP contribution is -2.29. The van der Waals surface area contributed by atoms with Gasteiger partial charge in [-0.25, -0.2) is 4.98 Å². The molecule has 2 aromatic carbocycles. The predicted molar refractivity (Wildman–Crippen MR) is 94.9 cm³/mol. The van der Waals surface area contributed by atoms with Crippen molar-refractivity contribution < 1.29 is 4.74 Å². The Morgan fingerprint density at radius 1 is 1.17 bits per heavy atom. The second kappa shape index (κ2) is 5.78. The molecule has 5 heteroatoms. The quantitative estimate of drug-likeness (QED) is 0.711. The van der Waals surface area contributed by atoms with Crippen LogP contribution in [0.25, 0.3) is 11.0 Å². The van der Waals surface area contributed by atoms with Crippen LogP contribution in [0.1, 0.15) is 26.6 Å². The molecule has 0 saturated heterocycles. The van der Waals surface area contributed by atoms with Crippen molar-refractivity contribution in [3.8, 4) is 5.75 Å². The van der Waals surface area contributed by atoms with Crippen molar-refractivity contribution in [1.29, 1.82) is 0 Å². The fourth-order valence-electron chi connectivity index (χ4n) is 2.77. The Hall–Kier alpha value is -2.20. The van der Waals surface area contributed by atoms with E-state index in [0.29, 0.717) is 10.7 Å². The molecule has 0 aliphatic rings. The summed E-state index contributed by atoms with van der Waals surface area (Å²) in [6.07, 6.45) is 0. The van der Waals surface area contributed by atoms with Crippen LogP contribution in [0.4, 0.5) is 5.69 Å². The Morgan fingerprint density at radius 2 is 1.87 bits per heavy atom. The van der Waals surface area contributed by atoms with Gasteiger partial charge in [-0.2, -0.15) is 0 Å². The molecule has 0 aliphatic carbocycles. The van der Waals surface area contributed by atoms with Gasteiger partial charge in [-0.1, -0.05) is 11.6 Å². The number of halogens is 1. The van der Waals surface area contributed by atoms with Crippen LogP contribution in [0.3, 0.4) is 0 Å². The van der Waals surface area contributed by atoms with Crippen molar-refractivity contribution in [2.75, 3.05) is 5.73 Å². The van der Waals surface area contributed by atoms with Crippen molar-refractivity contribution in [1.82, 2.24) is 9.55 Å². The third-order valence-corrected chi connectivity index (χ3v) is 4.07. The molecule has 4 nitrogen and oxygen atoms in total. The van der Waals surface area contributed by atoms with Gasteiger partial charge in [0.2, 0.25) is 0 Å². The molecule has 0 aliphatic heterocycles. The van der Waals surface area contributed by atoms with Crippen LogP contribution in [0.5, 0.6) is 5.75 Å². The zero-order chi connectivity index (χ0) is 16.6. The van der Waals surface area contributed by atoms with Crippen LogP contribution >= 0.6 is 11.6 Å². The molecule has 1 heterocycles. The number of nitrogen functional groups attached to an aromatic ring is 1. The van der Waals surface area contributed by atoms with E-state index in [1.165, 1.54) is 0 Å². The van der Waals surface area contributed by atoms with Gasteiger partial charge in [-0.05, 0) is 63.2 Å². The van der Waals surface area contributed by atoms with Crippen LogP contribution in [-0.4, -0.2) is 9.55 Å². The maximum Gasteiger partial charge on any atom is 0.161 e. The van der Waals surface area contributed by atoms with Crippen molar-refractivity contribution >= 4 is 28.3 Å². The van der Waals surface area contributed by atoms with E-state index < -0.39 is 5.60 Å². The van der Waals surface area contributed by atoms with Crippen molar-refractivity contribution in [3.63, 3.8) is 0 Å². The van der Waals surface area contributed by atoms with E-state index in [-0.39, 0.29) is 0 Å². The van der Waals surface area contributed by atoms with Crippen LogP contribution < -0.4 is 10.5 Å². The summed E-state index contributed by atoms with van der Waals surface area (Å²) in [6.45, 7) is 6.93. The standard InChI is InChI=1S/C18H20ClN3O/c1-4-22-16-10-7-13(20)11-15(16)21-17(22)18(2,3)23-14-8-5-12(19)6-9-14/h5-11H,4,20H2,1-3H3. The zero-order valence-electron chi connectivity index (χ0n) is 13.5. The van der Waals surface area contributed by atoms with Crippen LogP contribution in [0.2, 0.25) is 5.02 Å². The molecule has 3 aromatic rings. The summed E-state index contributed by atoms with van der Waals surface area (Å²) in [4.78, 5) is 4.76. The Kier molecular flexibility index (Phi) is 3.94. The average molecular weight is 330 g/mol. The first-order valence-electron chi connectivity index (χ1n) is 7.61. The first-order valence-corrected chi connectivity index (χ1v) is 7.99. The number of ether oxygens (including phenoxy) is 1. The summed E-state index contributed by atoms with van der Waals surface area (Å²) >= 11 is 5.93. The number of imidazole rings is 1. The van der Waals surface area contributed by atoms with Crippen molar-refractivity contribution in [2.24, 2.45) is 0 Å². The van der Waals surface area contributed by atoms with Gasteiger partial charge in [0.15, 0.2) is 11.4 Å². The van der Waals surface area contributed by atoms with Gasteiger partial charge in [-0.15, -0.1) is 0 Å². The highest BCUT2D eigenvalue weighted by Crippen LogP contribution is 2.31. The number of hydrogen-bond acceptors (Lipinski definition) is 3. The van der Waals surface area contributed by atoms with Gasteiger partial charge in [-0.3, -0.25) is 0 Å². The molecule has 1 aromatic heterocycles. The van der Waals surface area contributed by atoms with E-state index in [4.69, 9.17) is 27.1 Å². The molecule has 0 atom stereocenters. The van der Waals surface area contributed by atoms with Crippen LogP contribution in [0, 0.1) is 0 Å². The zero-order valence-corrected chi connectivity index (χ0v) is 14.3. The van der Waals surface area contributed by atoms with Crippen molar-refractivity contribution in [2.45, 2.75) is 32.9 Å². The highest BCUT2D eigenvalue weighted by atomic mass is 35.5. The van der Waals surface area contributed by atoms with Crippen molar-refractivity contribution in [3.05, 3.63) is 53.3 Å². The van der Waals surface area contributed by atoms with Gasteiger partial charge in [0.05, 0.1) is 11.0 Å². The smallest absolute Gasteiger partial charge is 0.161 e. The molecule has 0 spiro atoms. The molecule has 0 bridgehead atoms. The Balaban J connectivity index is 2.04. The number of nitrogens with zero attached hydrogens (tertiary/aromatic N) is 2. The first-order chi connectivity index (χ1) is 10.9. The van der Waals surface area contributed by atoms with Crippen LogP contribution in [-0.2, 0) is 12.1 Å². The number of nitrogens with two attached hydrogens (primary N) is 1. The SMILES string of the molecule is CCn1c(C(C)(C)Oc2ccc(Cl)cc2)nc2cc(N)ccc21. The summed E-state index contributed by atoms with van der Waals surface area (Å²) < 4.78 is 8.33. The minimum atomic E-state index is -0.586. The summed E-state index contributed by atoms with van der Waals surface area (Å²) in [6, 6.07) is 13.1. The Morgan fingerprint density at radius 3 is 2.52 bits per heavy atom. The molecule has 0 radical (unpaired) electrons. The van der Waals surface area contributed by atoms with E-state index in [2.05, 4.69) is 11.5 Å². The summed E-state index contributed by atoms with van der Waals surface area (Å²) in [7, 11) is 0. The van der Waals surface area contributed by atoms with Gasteiger partial charge in [0.1, 0.15) is 5.75 Å². The average Bonchev–Trinajstić information content (AvgIpc) is 2.88. The van der Waals surface area contributed by atoms with E-state index in [0.717, 1.165) is 29.2 Å². The summed E-state index contributed by atoms with van der Waals surface area (Å²) in [5.41, 5.74) is 7.95. The number of aromatic nitrogens is 2. The fourth-order valence-corrected chi connectivity index (χ4v) is 2.90. The molecule has 3 rings (SSSR count). The molecular formula is C18H20ClN3O. The molecule has 23 heavy (non-hydrogen) atoms. The fraction of sp³-hybridized carbons (Fsp3) is 0.278. The summed E-state index contributed by atoms with van der Waals surface area (Å²) in [5.74, 6) is 1.63.